The molecule has 1 atom stereocenters. The highest BCUT2D eigenvalue weighted by Gasteiger charge is 2.16. The van der Waals surface area contributed by atoms with E-state index in [9.17, 15) is 4.79 Å². The molecule has 0 aliphatic rings. The van der Waals surface area contributed by atoms with E-state index in [1.54, 1.807) is 7.11 Å². The second-order valence-corrected chi connectivity index (χ2v) is 6.69. The third-order valence-electron chi connectivity index (χ3n) is 3.16. The Bertz CT molecular complexity index is 340. The van der Waals surface area contributed by atoms with Gasteiger partial charge in [0.2, 0.25) is 0 Å². The number of rotatable bonds is 14. The van der Waals surface area contributed by atoms with Crippen molar-refractivity contribution in [3.63, 3.8) is 0 Å². The van der Waals surface area contributed by atoms with Crippen LogP contribution in [0.2, 0.25) is 0 Å². The lowest BCUT2D eigenvalue weighted by Crippen LogP contribution is -2.28. The Balaban J connectivity index is 3.64. The maximum atomic E-state index is 11.9. The number of hydrogen-bond acceptors (Lipinski definition) is 7. The van der Waals surface area contributed by atoms with Gasteiger partial charge in [0.05, 0.1) is 39.0 Å². The lowest BCUT2D eigenvalue weighted by atomic mass is 10.2. The highest BCUT2D eigenvalue weighted by atomic mass is 32.2. The van der Waals surface area contributed by atoms with E-state index in [4.69, 9.17) is 31.2 Å². The van der Waals surface area contributed by atoms with Crippen LogP contribution in [-0.2, 0) is 23.7 Å². The molecule has 0 aromatic carbocycles. The van der Waals surface area contributed by atoms with Crippen molar-refractivity contribution in [1.29, 1.82) is 0 Å². The fourth-order valence-electron chi connectivity index (χ4n) is 1.65. The Morgan fingerprint density at radius 3 is 2.12 bits per heavy atom. The molecule has 24 heavy (non-hydrogen) atoms. The van der Waals surface area contributed by atoms with E-state index in [1.807, 2.05) is 6.92 Å². The fourth-order valence-corrected chi connectivity index (χ4v) is 3.08. The van der Waals surface area contributed by atoms with E-state index in [0.717, 1.165) is 17.4 Å². The largest absolute Gasteiger partial charge is 0.463 e. The third kappa shape index (κ3) is 12.0. The van der Waals surface area contributed by atoms with Gasteiger partial charge in [0, 0.05) is 26.0 Å². The van der Waals surface area contributed by atoms with E-state index in [-0.39, 0.29) is 18.5 Å². The Morgan fingerprint density at radius 1 is 1.04 bits per heavy atom. The number of ether oxygens (including phenoxy) is 4. The van der Waals surface area contributed by atoms with Crippen molar-refractivity contribution in [2.24, 2.45) is 5.92 Å². The van der Waals surface area contributed by atoms with Crippen molar-refractivity contribution in [3.05, 3.63) is 0 Å². The molecule has 0 fully saturated rings. The van der Waals surface area contributed by atoms with Crippen LogP contribution in [0, 0.1) is 5.92 Å². The first-order valence-electron chi connectivity index (χ1n) is 8.29. The number of thioether (sulfide) groups is 1. The number of thiocarbonyl (C=S) groups is 1. The molecule has 1 unspecified atom stereocenters. The van der Waals surface area contributed by atoms with Crippen LogP contribution in [0.4, 0.5) is 0 Å². The summed E-state index contributed by atoms with van der Waals surface area (Å²) in [5.74, 6) is 0.216. The molecule has 0 radical (unpaired) electrons. The highest BCUT2D eigenvalue weighted by Crippen LogP contribution is 2.14. The Kier molecular flexibility index (Phi) is 15.8. The summed E-state index contributed by atoms with van der Waals surface area (Å²) in [4.78, 5) is 14.0. The second kappa shape index (κ2) is 16.1. The van der Waals surface area contributed by atoms with Crippen LogP contribution in [0.15, 0.2) is 0 Å². The Hall–Kier alpha value is -0.410. The van der Waals surface area contributed by atoms with E-state index >= 15 is 0 Å². The van der Waals surface area contributed by atoms with Crippen molar-refractivity contribution >= 4 is 34.3 Å². The van der Waals surface area contributed by atoms with E-state index in [2.05, 4.69) is 18.7 Å². The van der Waals surface area contributed by atoms with Crippen molar-refractivity contribution in [1.82, 2.24) is 4.90 Å². The van der Waals surface area contributed by atoms with Gasteiger partial charge < -0.3 is 23.8 Å². The molecule has 6 nitrogen and oxygen atoms in total. The molecule has 0 bridgehead atoms. The number of nitrogens with zero attached hydrogens (tertiary/aromatic N) is 1. The smallest absolute Gasteiger partial charge is 0.309 e. The molecule has 0 amide bonds. The van der Waals surface area contributed by atoms with Crippen LogP contribution in [0.1, 0.15) is 20.8 Å². The lowest BCUT2D eigenvalue weighted by molar-refractivity contribution is -0.148. The summed E-state index contributed by atoms with van der Waals surface area (Å²) in [5, 5.41) is 0. The Labute approximate surface area is 155 Å². The SMILES string of the molecule is CCN(CC)C(=S)SCC(C)C(=O)OCCOCCOCCOC. The zero-order valence-electron chi connectivity index (χ0n) is 15.2. The van der Waals surface area contributed by atoms with Gasteiger partial charge in [-0.3, -0.25) is 4.79 Å². The van der Waals surface area contributed by atoms with Crippen molar-refractivity contribution in [3.8, 4) is 0 Å². The first kappa shape index (κ1) is 23.6. The van der Waals surface area contributed by atoms with Crippen LogP contribution in [-0.4, -0.2) is 80.8 Å². The molecule has 0 aromatic rings. The minimum Gasteiger partial charge on any atom is -0.463 e. The first-order valence-corrected chi connectivity index (χ1v) is 9.68. The van der Waals surface area contributed by atoms with Gasteiger partial charge in [-0.05, 0) is 13.8 Å². The molecule has 0 saturated carbocycles. The normalized spacial score (nSPS) is 12.0. The van der Waals surface area contributed by atoms with Gasteiger partial charge in [-0.15, -0.1) is 0 Å². The molecule has 0 N–H and O–H groups in total. The number of methoxy groups -OCH3 is 1. The molecular formula is C16H31NO5S2. The van der Waals surface area contributed by atoms with Crippen molar-refractivity contribution in [2.75, 3.05) is 65.6 Å². The average molecular weight is 382 g/mol. The van der Waals surface area contributed by atoms with Crippen LogP contribution >= 0.6 is 24.0 Å². The quantitative estimate of drug-likeness (QED) is 0.258. The topological polar surface area (TPSA) is 57.2 Å². The van der Waals surface area contributed by atoms with Crippen molar-refractivity contribution < 1.29 is 23.7 Å². The molecule has 0 spiro atoms. The molecule has 0 aliphatic heterocycles. The fraction of sp³-hybridized carbons (Fsp3) is 0.875. The summed E-state index contributed by atoms with van der Waals surface area (Å²) in [7, 11) is 1.63. The minimum absolute atomic E-state index is 0.194. The predicted octanol–water partition coefficient (Wildman–Crippen LogP) is 2.21. The molecular weight excluding hydrogens is 350 g/mol. The van der Waals surface area contributed by atoms with Gasteiger partial charge in [-0.25, -0.2) is 0 Å². The van der Waals surface area contributed by atoms with Gasteiger partial charge >= 0.3 is 5.97 Å². The number of hydrogen-bond donors (Lipinski definition) is 0. The third-order valence-corrected chi connectivity index (χ3v) is 4.94. The molecule has 0 aliphatic carbocycles. The molecule has 0 saturated heterocycles. The molecule has 0 aromatic heterocycles. The summed E-state index contributed by atoms with van der Waals surface area (Å²) >= 11 is 6.87. The van der Waals surface area contributed by atoms with Crippen LogP contribution in [0.3, 0.4) is 0 Å². The van der Waals surface area contributed by atoms with Gasteiger partial charge in [0.15, 0.2) is 0 Å². The van der Waals surface area contributed by atoms with E-state index < -0.39 is 0 Å². The summed E-state index contributed by atoms with van der Waals surface area (Å²) in [6.07, 6.45) is 0. The minimum atomic E-state index is -0.218. The van der Waals surface area contributed by atoms with E-state index in [1.165, 1.54) is 11.8 Å². The number of esters is 1. The summed E-state index contributed by atoms with van der Waals surface area (Å²) < 4.78 is 21.5. The number of carbonyl (C=O) groups is 1. The molecule has 0 heterocycles. The zero-order chi connectivity index (χ0) is 18.2. The van der Waals surface area contributed by atoms with Crippen molar-refractivity contribution in [2.45, 2.75) is 20.8 Å². The standard InChI is InChI=1S/C16H31NO5S2/c1-5-17(6-2)16(23)24-13-14(3)15(18)22-12-11-21-10-9-20-8-7-19-4/h14H,5-13H2,1-4H3. The molecule has 142 valence electrons. The number of carbonyl (C=O) groups excluding carboxylic acids is 1. The zero-order valence-corrected chi connectivity index (χ0v) is 16.9. The monoisotopic (exact) mass is 381 g/mol. The van der Waals surface area contributed by atoms with E-state index in [0.29, 0.717) is 38.8 Å². The van der Waals surface area contributed by atoms with Crippen LogP contribution in [0.5, 0.6) is 0 Å². The van der Waals surface area contributed by atoms with Gasteiger partial charge in [-0.2, -0.15) is 0 Å². The lowest BCUT2D eigenvalue weighted by Gasteiger charge is -2.21. The highest BCUT2D eigenvalue weighted by molar-refractivity contribution is 8.22. The Morgan fingerprint density at radius 2 is 1.58 bits per heavy atom. The van der Waals surface area contributed by atoms with Gasteiger partial charge in [0.25, 0.3) is 0 Å². The molecule has 0 rings (SSSR count). The first-order chi connectivity index (χ1) is 11.6. The average Bonchev–Trinajstić information content (AvgIpc) is 2.59. The molecule has 8 heteroatoms. The summed E-state index contributed by atoms with van der Waals surface area (Å²) in [5.41, 5.74) is 0. The van der Waals surface area contributed by atoms with Gasteiger partial charge in [-0.1, -0.05) is 30.9 Å². The van der Waals surface area contributed by atoms with Crippen LogP contribution in [0.25, 0.3) is 0 Å². The predicted molar refractivity (Wildman–Crippen MR) is 102 cm³/mol. The maximum Gasteiger partial charge on any atom is 0.309 e. The van der Waals surface area contributed by atoms with Gasteiger partial charge in [0.1, 0.15) is 10.9 Å². The maximum absolute atomic E-state index is 11.9. The van der Waals surface area contributed by atoms with Crippen LogP contribution < -0.4 is 0 Å². The summed E-state index contributed by atoms with van der Waals surface area (Å²) in [6.45, 7) is 10.5. The summed E-state index contributed by atoms with van der Waals surface area (Å²) in [6, 6.07) is 0. The second-order valence-electron chi connectivity index (χ2n) is 5.04.